The van der Waals surface area contributed by atoms with Crippen LogP contribution in [0.1, 0.15) is 6.92 Å². The van der Waals surface area contributed by atoms with E-state index in [-0.39, 0.29) is 0 Å². The van der Waals surface area contributed by atoms with E-state index in [9.17, 15) is 4.79 Å². The second kappa shape index (κ2) is 2.58. The Hall–Kier alpha value is -0.220. The molecular formula is C3H9NO4P+. The van der Waals surface area contributed by atoms with Gasteiger partial charge in [-0.1, -0.05) is 0 Å². The Morgan fingerprint density at radius 1 is 1.56 bits per heavy atom. The summed E-state index contributed by atoms with van der Waals surface area (Å²) >= 11 is 0. The number of primary amides is 1. The minimum atomic E-state index is -4.04. The number of hydrogen-bond acceptors (Lipinski definition) is 4. The summed E-state index contributed by atoms with van der Waals surface area (Å²) in [6.07, 6.45) is 0. The summed E-state index contributed by atoms with van der Waals surface area (Å²) < 4.78 is 0. The van der Waals surface area contributed by atoms with E-state index >= 15 is 0 Å². The van der Waals surface area contributed by atoms with Crippen molar-refractivity contribution in [1.29, 1.82) is 0 Å². The van der Waals surface area contributed by atoms with E-state index in [1.807, 2.05) is 0 Å². The van der Waals surface area contributed by atoms with Crippen LogP contribution < -0.4 is 5.73 Å². The first-order valence-electron chi connectivity index (χ1n) is 2.22. The maximum Gasteiger partial charge on any atom is 0.416 e. The van der Waals surface area contributed by atoms with Crippen molar-refractivity contribution in [1.82, 2.24) is 0 Å². The molecule has 0 radical (unpaired) electrons. The molecule has 0 aliphatic rings. The number of carbonyl (C=O) groups is 1. The van der Waals surface area contributed by atoms with Gasteiger partial charge in [-0.25, -0.2) is 0 Å². The number of amides is 1. The van der Waals surface area contributed by atoms with Gasteiger partial charge in [-0.15, -0.1) is 0 Å². The topological polar surface area (TPSA) is 104 Å². The standard InChI is InChI=1S/C3H8NO4P/c1-2(3(4)5)9(6,7)8/h2,6-8H,1H3,(H-,4,5)/p+1. The smallest absolute Gasteiger partial charge is 0.366 e. The largest absolute Gasteiger partial charge is 0.416 e. The monoisotopic (exact) mass is 154 g/mol. The second-order valence-electron chi connectivity index (χ2n) is 1.69. The summed E-state index contributed by atoms with van der Waals surface area (Å²) in [4.78, 5) is 35.2. The van der Waals surface area contributed by atoms with E-state index in [1.54, 1.807) is 0 Å². The van der Waals surface area contributed by atoms with Crippen LogP contribution in [0.5, 0.6) is 0 Å². The Balaban J connectivity index is 4.04. The fourth-order valence-electron chi connectivity index (χ4n) is 0.171. The van der Waals surface area contributed by atoms with Crippen LogP contribution in [-0.2, 0) is 4.79 Å². The van der Waals surface area contributed by atoms with Gasteiger partial charge in [0.2, 0.25) is 5.66 Å². The lowest BCUT2D eigenvalue weighted by molar-refractivity contribution is -0.117. The van der Waals surface area contributed by atoms with Crippen molar-refractivity contribution in [2.24, 2.45) is 5.73 Å². The van der Waals surface area contributed by atoms with E-state index in [0.717, 1.165) is 6.92 Å². The van der Waals surface area contributed by atoms with Crippen molar-refractivity contribution >= 4 is 13.9 Å². The highest BCUT2D eigenvalue weighted by Crippen LogP contribution is 2.49. The molecule has 9 heavy (non-hydrogen) atoms. The highest BCUT2D eigenvalue weighted by molar-refractivity contribution is 7.60. The van der Waals surface area contributed by atoms with Gasteiger partial charge >= 0.3 is 7.94 Å². The molecule has 6 heteroatoms. The van der Waals surface area contributed by atoms with E-state index in [2.05, 4.69) is 5.73 Å². The molecule has 0 saturated carbocycles. The van der Waals surface area contributed by atoms with Gasteiger partial charge in [-0.05, 0) is 6.92 Å². The summed E-state index contributed by atoms with van der Waals surface area (Å²) in [5.41, 5.74) is 3.36. The highest BCUT2D eigenvalue weighted by Gasteiger charge is 2.43. The molecule has 5 N–H and O–H groups in total. The minimum Gasteiger partial charge on any atom is -0.366 e. The quantitative estimate of drug-likeness (QED) is 0.367. The fourth-order valence-corrected chi connectivity index (χ4v) is 0.512. The molecule has 0 aromatic carbocycles. The lowest BCUT2D eigenvalue weighted by Crippen LogP contribution is -2.27. The molecule has 1 amide bonds. The summed E-state index contributed by atoms with van der Waals surface area (Å²) in [5.74, 6) is -0.921. The molecule has 1 atom stereocenters. The molecule has 0 rings (SSSR count). The molecule has 0 aromatic heterocycles. The van der Waals surface area contributed by atoms with Crippen molar-refractivity contribution in [2.75, 3.05) is 0 Å². The van der Waals surface area contributed by atoms with Crippen LogP contribution in [0.25, 0.3) is 0 Å². The maximum atomic E-state index is 10.1. The predicted molar refractivity (Wildman–Crippen MR) is 32.2 cm³/mol. The number of carbonyl (C=O) groups excluding carboxylic acids is 1. The van der Waals surface area contributed by atoms with Crippen LogP contribution >= 0.6 is 7.94 Å². The van der Waals surface area contributed by atoms with Gasteiger partial charge in [-0.3, -0.25) is 4.79 Å². The molecule has 0 aliphatic carbocycles. The second-order valence-corrected chi connectivity index (χ2v) is 3.70. The Labute approximate surface area is 52.7 Å². The van der Waals surface area contributed by atoms with Crippen LogP contribution in [0.4, 0.5) is 0 Å². The maximum absolute atomic E-state index is 10.1. The lowest BCUT2D eigenvalue weighted by atomic mass is 10.5. The highest BCUT2D eigenvalue weighted by atomic mass is 31.2. The average Bonchev–Trinajstić information content (AvgIpc) is 1.62. The van der Waals surface area contributed by atoms with Crippen molar-refractivity contribution in [3.63, 3.8) is 0 Å². The Bertz CT molecular complexity index is 119. The molecule has 0 fully saturated rings. The predicted octanol–water partition coefficient (Wildman–Crippen LogP) is -1.40. The Kier molecular flexibility index (Phi) is 2.51. The van der Waals surface area contributed by atoms with Gasteiger partial charge in [0, 0.05) is 0 Å². The van der Waals surface area contributed by atoms with Gasteiger partial charge < -0.3 is 5.73 Å². The summed E-state index contributed by atoms with van der Waals surface area (Å²) in [5, 5.41) is 0. The molecule has 0 aromatic rings. The third-order valence-corrected chi connectivity index (χ3v) is 2.23. The van der Waals surface area contributed by atoms with Gasteiger partial charge in [0.25, 0.3) is 5.91 Å². The zero-order valence-corrected chi connectivity index (χ0v) is 5.75. The van der Waals surface area contributed by atoms with Gasteiger partial charge in [-0.2, -0.15) is 14.7 Å². The van der Waals surface area contributed by atoms with Crippen LogP contribution in [0.15, 0.2) is 0 Å². The summed E-state index contributed by atoms with van der Waals surface area (Å²) in [7, 11) is -4.04. The molecule has 0 aliphatic heterocycles. The molecular weight excluding hydrogens is 145 g/mol. The van der Waals surface area contributed by atoms with Crippen LogP contribution in [0, 0.1) is 0 Å². The molecule has 0 heterocycles. The molecule has 0 saturated heterocycles. The number of rotatable bonds is 2. The van der Waals surface area contributed by atoms with Crippen molar-refractivity contribution < 1.29 is 19.5 Å². The summed E-state index contributed by atoms with van der Waals surface area (Å²) in [6, 6.07) is 0. The fraction of sp³-hybridized carbons (Fsp3) is 0.667. The zero-order valence-electron chi connectivity index (χ0n) is 4.85. The summed E-state index contributed by atoms with van der Waals surface area (Å²) in [6.45, 7) is 1.15. The molecule has 5 nitrogen and oxygen atoms in total. The Morgan fingerprint density at radius 3 is 1.89 bits per heavy atom. The minimum absolute atomic E-state index is 0.921. The van der Waals surface area contributed by atoms with E-state index < -0.39 is 19.5 Å². The SMILES string of the molecule is CC(C(N)=O)[P+](O)(O)O. The van der Waals surface area contributed by atoms with Gasteiger partial charge in [0.05, 0.1) is 0 Å². The van der Waals surface area contributed by atoms with Crippen LogP contribution in [0.3, 0.4) is 0 Å². The van der Waals surface area contributed by atoms with E-state index in [1.165, 1.54) is 0 Å². The van der Waals surface area contributed by atoms with Gasteiger partial charge in [0.1, 0.15) is 0 Å². The molecule has 1 unspecified atom stereocenters. The third-order valence-electron chi connectivity index (χ3n) is 0.931. The van der Waals surface area contributed by atoms with Crippen molar-refractivity contribution in [2.45, 2.75) is 12.6 Å². The van der Waals surface area contributed by atoms with E-state index in [0.29, 0.717) is 0 Å². The normalized spacial score (nSPS) is 15.1. The first-order valence-corrected chi connectivity index (χ1v) is 3.93. The van der Waals surface area contributed by atoms with Crippen molar-refractivity contribution in [3.05, 3.63) is 0 Å². The van der Waals surface area contributed by atoms with Crippen LogP contribution in [-0.4, -0.2) is 26.2 Å². The van der Waals surface area contributed by atoms with Crippen molar-refractivity contribution in [3.8, 4) is 0 Å². The Morgan fingerprint density at radius 2 is 1.89 bits per heavy atom. The van der Waals surface area contributed by atoms with Gasteiger partial charge in [0.15, 0.2) is 0 Å². The first-order chi connectivity index (χ1) is 3.85. The third kappa shape index (κ3) is 2.72. The molecule has 0 bridgehead atoms. The molecule has 54 valence electrons. The first kappa shape index (κ1) is 8.78. The molecule has 0 spiro atoms. The zero-order chi connectivity index (χ0) is 7.65. The lowest BCUT2D eigenvalue weighted by Gasteiger charge is -2.07. The van der Waals surface area contributed by atoms with Crippen LogP contribution in [0.2, 0.25) is 0 Å². The number of hydrogen-bond donors (Lipinski definition) is 4. The average molecular weight is 154 g/mol. The number of nitrogens with two attached hydrogens (primary N) is 1. The van der Waals surface area contributed by atoms with E-state index in [4.69, 9.17) is 14.7 Å².